The summed E-state index contributed by atoms with van der Waals surface area (Å²) in [5.74, 6) is 0.923. The van der Waals surface area contributed by atoms with Crippen LogP contribution in [-0.4, -0.2) is 30.6 Å². The van der Waals surface area contributed by atoms with E-state index in [1.54, 1.807) is 0 Å². The second kappa shape index (κ2) is 6.10. The predicted octanol–water partition coefficient (Wildman–Crippen LogP) is 2.83. The zero-order chi connectivity index (χ0) is 13.0. The third-order valence-electron chi connectivity index (χ3n) is 3.83. The van der Waals surface area contributed by atoms with Crippen LogP contribution in [0.2, 0.25) is 0 Å². The maximum absolute atomic E-state index is 5.80. The maximum Gasteiger partial charge on any atom is 0.119 e. The van der Waals surface area contributed by atoms with Gasteiger partial charge < -0.3 is 10.5 Å². The number of piperidine rings is 1. The third kappa shape index (κ3) is 3.39. The van der Waals surface area contributed by atoms with Crippen LogP contribution in [0.25, 0.3) is 0 Å². The fourth-order valence-corrected chi connectivity index (χ4v) is 2.51. The van der Waals surface area contributed by atoms with Crippen LogP contribution in [0.1, 0.15) is 31.7 Å². The summed E-state index contributed by atoms with van der Waals surface area (Å²) in [4.78, 5) is 2.52. The molecule has 0 bridgehead atoms. The van der Waals surface area contributed by atoms with Crippen molar-refractivity contribution < 1.29 is 4.74 Å². The van der Waals surface area contributed by atoms with Gasteiger partial charge in [0, 0.05) is 18.3 Å². The monoisotopic (exact) mass is 248 g/mol. The van der Waals surface area contributed by atoms with Gasteiger partial charge in [-0.3, -0.25) is 4.90 Å². The number of nitrogens with zero attached hydrogens (tertiary/aromatic N) is 1. The van der Waals surface area contributed by atoms with E-state index in [9.17, 15) is 0 Å². The number of anilines is 1. The normalized spacial score (nSPS) is 20.9. The van der Waals surface area contributed by atoms with E-state index in [1.165, 1.54) is 25.8 Å². The highest BCUT2D eigenvalue weighted by molar-refractivity contribution is 5.49. The van der Waals surface area contributed by atoms with Crippen LogP contribution in [0.15, 0.2) is 18.2 Å². The van der Waals surface area contributed by atoms with Gasteiger partial charge in [-0.15, -0.1) is 0 Å². The molecule has 1 aliphatic rings. The molecule has 3 heteroatoms. The molecule has 0 aromatic heterocycles. The average molecular weight is 248 g/mol. The van der Waals surface area contributed by atoms with Crippen molar-refractivity contribution in [3.63, 3.8) is 0 Å². The molecular weight excluding hydrogens is 224 g/mol. The van der Waals surface area contributed by atoms with Crippen molar-refractivity contribution in [1.29, 1.82) is 0 Å². The average Bonchev–Trinajstić information content (AvgIpc) is 2.36. The van der Waals surface area contributed by atoms with Crippen molar-refractivity contribution >= 4 is 5.69 Å². The summed E-state index contributed by atoms with van der Waals surface area (Å²) in [6.07, 6.45) is 4.02. The maximum atomic E-state index is 5.80. The number of hydrogen-bond acceptors (Lipinski definition) is 3. The van der Waals surface area contributed by atoms with Crippen molar-refractivity contribution in [2.24, 2.45) is 0 Å². The summed E-state index contributed by atoms with van der Waals surface area (Å²) >= 11 is 0. The molecule has 18 heavy (non-hydrogen) atoms. The van der Waals surface area contributed by atoms with Crippen LogP contribution < -0.4 is 10.5 Å². The smallest absolute Gasteiger partial charge is 0.119 e. The molecule has 0 amide bonds. The zero-order valence-corrected chi connectivity index (χ0v) is 11.5. The Morgan fingerprint density at radius 2 is 2.22 bits per heavy atom. The lowest BCUT2D eigenvalue weighted by atomic mass is 10.0. The van der Waals surface area contributed by atoms with Gasteiger partial charge in [0.2, 0.25) is 0 Å². The van der Waals surface area contributed by atoms with Crippen molar-refractivity contribution in [2.75, 3.05) is 25.4 Å². The zero-order valence-electron chi connectivity index (χ0n) is 11.5. The first-order chi connectivity index (χ1) is 8.66. The molecule has 2 N–H and O–H groups in total. The number of hydrogen-bond donors (Lipinski definition) is 1. The number of aryl methyl sites for hydroxylation is 1. The Morgan fingerprint density at radius 1 is 1.39 bits per heavy atom. The Morgan fingerprint density at radius 3 is 2.94 bits per heavy atom. The predicted molar refractivity (Wildman–Crippen MR) is 76.0 cm³/mol. The highest BCUT2D eigenvalue weighted by Crippen LogP contribution is 2.19. The molecule has 1 atom stereocenters. The van der Waals surface area contributed by atoms with Crippen LogP contribution >= 0.6 is 0 Å². The summed E-state index contributed by atoms with van der Waals surface area (Å²) < 4.78 is 5.80. The van der Waals surface area contributed by atoms with Crippen LogP contribution in [0.4, 0.5) is 5.69 Å². The van der Waals surface area contributed by atoms with Gasteiger partial charge in [0.1, 0.15) is 12.4 Å². The van der Waals surface area contributed by atoms with E-state index in [0.29, 0.717) is 6.04 Å². The molecule has 2 rings (SSSR count). The highest BCUT2D eigenvalue weighted by Gasteiger charge is 2.17. The number of likely N-dealkylation sites (tertiary alicyclic amines) is 1. The first-order valence-corrected chi connectivity index (χ1v) is 6.90. The Balaban J connectivity index is 1.79. The molecule has 1 heterocycles. The Labute approximate surface area is 110 Å². The minimum absolute atomic E-state index is 0.704. The third-order valence-corrected chi connectivity index (χ3v) is 3.83. The lowest BCUT2D eigenvalue weighted by Gasteiger charge is -2.33. The SMILES string of the molecule is Cc1cc(OCCN2CCCCC2C)ccc1N. The van der Waals surface area contributed by atoms with E-state index in [2.05, 4.69) is 11.8 Å². The van der Waals surface area contributed by atoms with Crippen LogP contribution in [0.5, 0.6) is 5.75 Å². The van der Waals surface area contributed by atoms with E-state index in [0.717, 1.165) is 30.2 Å². The minimum atomic E-state index is 0.704. The minimum Gasteiger partial charge on any atom is -0.492 e. The Bertz CT molecular complexity index is 392. The van der Waals surface area contributed by atoms with Crippen molar-refractivity contribution in [2.45, 2.75) is 39.2 Å². The first-order valence-electron chi connectivity index (χ1n) is 6.90. The van der Waals surface area contributed by atoms with Gasteiger partial charge in [-0.05, 0) is 57.0 Å². The molecule has 0 saturated carbocycles. The molecule has 1 fully saturated rings. The Hall–Kier alpha value is -1.22. The molecule has 0 spiro atoms. The molecule has 0 radical (unpaired) electrons. The Kier molecular flexibility index (Phi) is 4.48. The fourth-order valence-electron chi connectivity index (χ4n) is 2.51. The second-order valence-electron chi connectivity index (χ2n) is 5.25. The summed E-state index contributed by atoms with van der Waals surface area (Å²) in [6, 6.07) is 6.57. The largest absolute Gasteiger partial charge is 0.492 e. The molecule has 0 aliphatic carbocycles. The number of nitrogen functional groups attached to an aromatic ring is 1. The van der Waals surface area contributed by atoms with E-state index in [4.69, 9.17) is 10.5 Å². The summed E-state index contributed by atoms with van der Waals surface area (Å²) in [7, 11) is 0. The summed E-state index contributed by atoms with van der Waals surface area (Å²) in [5, 5.41) is 0. The molecule has 1 aromatic rings. The van der Waals surface area contributed by atoms with E-state index < -0.39 is 0 Å². The van der Waals surface area contributed by atoms with Crippen molar-refractivity contribution in [1.82, 2.24) is 4.90 Å². The number of rotatable bonds is 4. The molecule has 100 valence electrons. The van der Waals surface area contributed by atoms with Gasteiger partial charge >= 0.3 is 0 Å². The summed E-state index contributed by atoms with van der Waals surface area (Å²) in [6.45, 7) is 7.31. The topological polar surface area (TPSA) is 38.5 Å². The van der Waals surface area contributed by atoms with E-state index in [-0.39, 0.29) is 0 Å². The van der Waals surface area contributed by atoms with Gasteiger partial charge in [-0.25, -0.2) is 0 Å². The van der Waals surface area contributed by atoms with Crippen LogP contribution in [0.3, 0.4) is 0 Å². The fraction of sp³-hybridized carbons (Fsp3) is 0.600. The van der Waals surface area contributed by atoms with Crippen LogP contribution in [0, 0.1) is 6.92 Å². The summed E-state index contributed by atoms with van der Waals surface area (Å²) in [5.41, 5.74) is 7.70. The molecule has 1 saturated heterocycles. The van der Waals surface area contributed by atoms with Crippen LogP contribution in [-0.2, 0) is 0 Å². The van der Waals surface area contributed by atoms with Gasteiger partial charge in [0.25, 0.3) is 0 Å². The molecule has 1 aromatic carbocycles. The standard InChI is InChI=1S/C15H24N2O/c1-12-11-14(6-7-15(12)16)18-10-9-17-8-4-3-5-13(17)2/h6-7,11,13H,3-5,8-10,16H2,1-2H3. The van der Waals surface area contributed by atoms with Crippen molar-refractivity contribution in [3.8, 4) is 5.75 Å². The molecule has 3 nitrogen and oxygen atoms in total. The second-order valence-corrected chi connectivity index (χ2v) is 5.25. The quantitative estimate of drug-likeness (QED) is 0.833. The lowest BCUT2D eigenvalue weighted by molar-refractivity contribution is 0.133. The number of benzene rings is 1. The van der Waals surface area contributed by atoms with E-state index in [1.807, 2.05) is 25.1 Å². The molecule has 1 unspecified atom stereocenters. The van der Waals surface area contributed by atoms with Gasteiger partial charge in [-0.2, -0.15) is 0 Å². The van der Waals surface area contributed by atoms with Gasteiger partial charge in [-0.1, -0.05) is 6.42 Å². The molecular formula is C15H24N2O. The number of ether oxygens (including phenoxy) is 1. The first kappa shape index (κ1) is 13.2. The van der Waals surface area contributed by atoms with E-state index >= 15 is 0 Å². The molecule has 1 aliphatic heterocycles. The highest BCUT2D eigenvalue weighted by atomic mass is 16.5. The lowest BCUT2D eigenvalue weighted by Crippen LogP contribution is -2.39. The van der Waals surface area contributed by atoms with Gasteiger partial charge in [0.05, 0.1) is 0 Å². The number of nitrogens with two attached hydrogens (primary N) is 1. The van der Waals surface area contributed by atoms with Crippen molar-refractivity contribution in [3.05, 3.63) is 23.8 Å². The van der Waals surface area contributed by atoms with Gasteiger partial charge in [0.15, 0.2) is 0 Å².